The van der Waals surface area contributed by atoms with Gasteiger partial charge in [-0.1, -0.05) is 30.3 Å². The molecule has 2 atom stereocenters. The van der Waals surface area contributed by atoms with Gasteiger partial charge in [-0.2, -0.15) is 0 Å². The van der Waals surface area contributed by atoms with Crippen molar-refractivity contribution in [3.05, 3.63) is 35.9 Å². The van der Waals surface area contributed by atoms with E-state index in [0.29, 0.717) is 0 Å². The Morgan fingerprint density at radius 3 is 2.45 bits per heavy atom. The molecule has 0 saturated carbocycles. The zero-order valence-corrected chi connectivity index (χ0v) is 12.5. The fourth-order valence-corrected chi connectivity index (χ4v) is 2.00. The van der Waals surface area contributed by atoms with Gasteiger partial charge in [0.05, 0.1) is 12.6 Å². The van der Waals surface area contributed by atoms with Crippen LogP contribution >= 0.6 is 0 Å². The number of carbonyl (C=O) groups is 1. The lowest BCUT2D eigenvalue weighted by Gasteiger charge is -2.23. The average Bonchev–Trinajstić information content (AvgIpc) is 2.38. The number of likely N-dealkylation sites (N-methyl/N-ethyl adjacent to an activating group) is 1. The number of hydrogen-bond acceptors (Lipinski definition) is 3. The third-order valence-corrected chi connectivity index (χ3v) is 2.90. The third-order valence-electron chi connectivity index (χ3n) is 2.90. The first kappa shape index (κ1) is 16.5. The van der Waals surface area contributed by atoms with Crippen molar-refractivity contribution in [2.75, 3.05) is 27.2 Å². The second-order valence-electron chi connectivity index (χ2n) is 5.35. The van der Waals surface area contributed by atoms with Gasteiger partial charge in [-0.15, -0.1) is 0 Å². The van der Waals surface area contributed by atoms with Gasteiger partial charge >= 0.3 is 6.03 Å². The fourth-order valence-electron chi connectivity index (χ4n) is 2.00. The van der Waals surface area contributed by atoms with Crippen LogP contribution in [0.4, 0.5) is 4.79 Å². The van der Waals surface area contributed by atoms with Crippen LogP contribution in [0.2, 0.25) is 0 Å². The average molecular weight is 279 g/mol. The number of rotatable bonds is 7. The summed E-state index contributed by atoms with van der Waals surface area (Å²) in [6.07, 6.45) is 0.778. The second kappa shape index (κ2) is 8.55. The Balaban J connectivity index is 2.58. The van der Waals surface area contributed by atoms with E-state index in [1.165, 1.54) is 5.56 Å². The molecule has 1 aromatic rings. The minimum atomic E-state index is -0.244. The van der Waals surface area contributed by atoms with E-state index >= 15 is 0 Å². The first-order valence-corrected chi connectivity index (χ1v) is 6.87. The summed E-state index contributed by atoms with van der Waals surface area (Å²) < 4.78 is 0. The first-order valence-electron chi connectivity index (χ1n) is 6.87. The summed E-state index contributed by atoms with van der Waals surface area (Å²) in [6.45, 7) is 2.46. The summed E-state index contributed by atoms with van der Waals surface area (Å²) in [7, 11) is 3.96. The maximum Gasteiger partial charge on any atom is 0.315 e. The van der Waals surface area contributed by atoms with Crippen LogP contribution in [-0.2, 0) is 6.42 Å². The van der Waals surface area contributed by atoms with E-state index in [1.807, 2.05) is 37.2 Å². The van der Waals surface area contributed by atoms with Crippen LogP contribution in [0, 0.1) is 0 Å². The van der Waals surface area contributed by atoms with Crippen LogP contribution < -0.4 is 10.6 Å². The predicted octanol–water partition coefficient (Wildman–Crippen LogP) is 0.839. The minimum absolute atomic E-state index is 0.0262. The third kappa shape index (κ3) is 6.54. The van der Waals surface area contributed by atoms with E-state index in [9.17, 15) is 4.79 Å². The van der Waals surface area contributed by atoms with Crippen LogP contribution in [0.1, 0.15) is 12.5 Å². The maximum atomic E-state index is 11.8. The van der Waals surface area contributed by atoms with Gasteiger partial charge in [0.15, 0.2) is 0 Å². The summed E-state index contributed by atoms with van der Waals surface area (Å²) in [5.41, 5.74) is 1.19. The van der Waals surface area contributed by atoms with Crippen molar-refractivity contribution in [1.82, 2.24) is 15.5 Å². The molecule has 112 valence electrons. The molecule has 0 radical (unpaired) electrons. The van der Waals surface area contributed by atoms with Crippen molar-refractivity contribution >= 4 is 6.03 Å². The molecule has 0 aliphatic heterocycles. The van der Waals surface area contributed by atoms with Gasteiger partial charge in [0.2, 0.25) is 0 Å². The smallest absolute Gasteiger partial charge is 0.315 e. The van der Waals surface area contributed by atoms with E-state index in [4.69, 9.17) is 5.11 Å². The number of carbonyl (C=O) groups excluding carboxylic acids is 1. The number of aliphatic hydroxyl groups is 1. The Kier molecular flexibility index (Phi) is 7.04. The molecule has 0 spiro atoms. The van der Waals surface area contributed by atoms with E-state index in [2.05, 4.69) is 22.8 Å². The van der Waals surface area contributed by atoms with Crippen LogP contribution in [0.3, 0.4) is 0 Å². The molecule has 2 amide bonds. The molecule has 0 aliphatic rings. The zero-order valence-electron chi connectivity index (χ0n) is 12.5. The number of aliphatic hydroxyl groups excluding tert-OH is 1. The molecule has 0 fully saturated rings. The summed E-state index contributed by atoms with van der Waals surface area (Å²) in [5, 5.41) is 14.6. The second-order valence-corrected chi connectivity index (χ2v) is 5.35. The standard InChI is InChI=1S/C15H25N3O2/c1-12(11-19)16-15(20)17-14(10-18(2)3)9-13-7-5-4-6-8-13/h4-8,12,14,19H,9-11H2,1-3H3,(H2,16,17,20). The molecule has 0 bridgehead atoms. The molecular formula is C15H25N3O2. The summed E-state index contributed by atoms with van der Waals surface area (Å²) >= 11 is 0. The number of urea groups is 1. The molecule has 1 rings (SSSR count). The van der Waals surface area contributed by atoms with Gasteiger partial charge < -0.3 is 20.6 Å². The molecule has 1 aromatic carbocycles. The van der Waals surface area contributed by atoms with Gasteiger partial charge in [-0.25, -0.2) is 4.79 Å². The molecule has 0 aliphatic carbocycles. The van der Waals surface area contributed by atoms with E-state index in [1.54, 1.807) is 6.92 Å². The Morgan fingerprint density at radius 1 is 1.25 bits per heavy atom. The SMILES string of the molecule is CC(CO)NC(=O)NC(Cc1ccccc1)CN(C)C. The van der Waals surface area contributed by atoms with Gasteiger partial charge in [0, 0.05) is 12.6 Å². The highest BCUT2D eigenvalue weighted by Gasteiger charge is 2.15. The summed E-state index contributed by atoms with van der Waals surface area (Å²) in [5.74, 6) is 0. The highest BCUT2D eigenvalue weighted by atomic mass is 16.3. The van der Waals surface area contributed by atoms with Gasteiger partial charge in [-0.05, 0) is 33.0 Å². The Labute approximate surface area is 121 Å². The van der Waals surface area contributed by atoms with E-state index in [0.717, 1.165) is 13.0 Å². The van der Waals surface area contributed by atoms with E-state index < -0.39 is 0 Å². The Hall–Kier alpha value is -1.59. The topological polar surface area (TPSA) is 64.6 Å². The van der Waals surface area contributed by atoms with Gasteiger partial charge in [0.1, 0.15) is 0 Å². The maximum absolute atomic E-state index is 11.8. The predicted molar refractivity (Wildman–Crippen MR) is 80.7 cm³/mol. The first-order chi connectivity index (χ1) is 9.51. The molecule has 3 N–H and O–H groups in total. The quantitative estimate of drug-likeness (QED) is 0.693. The van der Waals surface area contributed by atoms with Crippen molar-refractivity contribution in [2.24, 2.45) is 0 Å². The van der Waals surface area contributed by atoms with Crippen LogP contribution in [-0.4, -0.2) is 55.4 Å². The van der Waals surface area contributed by atoms with E-state index in [-0.39, 0.29) is 24.7 Å². The zero-order chi connectivity index (χ0) is 15.0. The van der Waals surface area contributed by atoms with Crippen molar-refractivity contribution in [3.8, 4) is 0 Å². The molecule has 0 aromatic heterocycles. The summed E-state index contributed by atoms with van der Waals surface area (Å²) in [4.78, 5) is 13.9. The largest absolute Gasteiger partial charge is 0.394 e. The molecule has 5 nitrogen and oxygen atoms in total. The fraction of sp³-hybridized carbons (Fsp3) is 0.533. The number of nitrogens with one attached hydrogen (secondary N) is 2. The minimum Gasteiger partial charge on any atom is -0.394 e. The van der Waals surface area contributed by atoms with Crippen LogP contribution in [0.25, 0.3) is 0 Å². The Bertz CT molecular complexity index is 395. The lowest BCUT2D eigenvalue weighted by Crippen LogP contribution is -2.50. The monoisotopic (exact) mass is 279 g/mol. The normalized spacial score (nSPS) is 13.8. The number of benzene rings is 1. The highest BCUT2D eigenvalue weighted by Crippen LogP contribution is 2.04. The lowest BCUT2D eigenvalue weighted by molar-refractivity contribution is 0.214. The highest BCUT2D eigenvalue weighted by molar-refractivity contribution is 5.74. The molecule has 2 unspecified atom stereocenters. The summed E-state index contributed by atoms with van der Waals surface area (Å²) in [6, 6.07) is 9.62. The number of nitrogens with zero attached hydrogens (tertiary/aromatic N) is 1. The lowest BCUT2D eigenvalue weighted by atomic mass is 10.1. The van der Waals surface area contributed by atoms with Crippen LogP contribution in [0.5, 0.6) is 0 Å². The van der Waals surface area contributed by atoms with Crippen LogP contribution in [0.15, 0.2) is 30.3 Å². The number of hydrogen-bond donors (Lipinski definition) is 3. The molecule has 20 heavy (non-hydrogen) atoms. The molecular weight excluding hydrogens is 254 g/mol. The number of amides is 2. The van der Waals surface area contributed by atoms with Crippen molar-refractivity contribution in [2.45, 2.75) is 25.4 Å². The van der Waals surface area contributed by atoms with Crippen molar-refractivity contribution in [1.29, 1.82) is 0 Å². The molecule has 0 heterocycles. The Morgan fingerprint density at radius 2 is 1.90 bits per heavy atom. The molecule has 0 saturated heterocycles. The van der Waals surface area contributed by atoms with Gasteiger partial charge in [-0.3, -0.25) is 0 Å². The van der Waals surface area contributed by atoms with Gasteiger partial charge in [0.25, 0.3) is 0 Å². The van der Waals surface area contributed by atoms with Crippen molar-refractivity contribution in [3.63, 3.8) is 0 Å². The molecule has 5 heteroatoms. The van der Waals surface area contributed by atoms with Crippen molar-refractivity contribution < 1.29 is 9.90 Å².